The van der Waals surface area contributed by atoms with E-state index in [0.717, 1.165) is 42.1 Å². The van der Waals surface area contributed by atoms with Gasteiger partial charge in [0.25, 0.3) is 5.91 Å². The molecule has 0 radical (unpaired) electrons. The van der Waals surface area contributed by atoms with Crippen molar-refractivity contribution in [1.82, 2.24) is 14.4 Å². The molecule has 1 aromatic heterocycles. The number of hydrogen-bond donors (Lipinski definition) is 0. The molecule has 2 amide bonds. The molecule has 5 heteroatoms. The van der Waals surface area contributed by atoms with E-state index in [4.69, 9.17) is 0 Å². The molecule has 2 aliphatic carbocycles. The molecule has 5 nitrogen and oxygen atoms in total. The molecule has 0 saturated heterocycles. The van der Waals surface area contributed by atoms with Gasteiger partial charge in [0.2, 0.25) is 5.91 Å². The monoisotopic (exact) mass is 401 g/mol. The molecule has 0 unspecified atom stereocenters. The minimum absolute atomic E-state index is 0.0359. The van der Waals surface area contributed by atoms with Gasteiger partial charge in [0, 0.05) is 36.6 Å². The number of rotatable bonds is 7. The van der Waals surface area contributed by atoms with Crippen LogP contribution in [0.25, 0.3) is 10.8 Å². The molecule has 1 heterocycles. The van der Waals surface area contributed by atoms with Crippen molar-refractivity contribution in [3.63, 3.8) is 0 Å². The van der Waals surface area contributed by atoms with Crippen molar-refractivity contribution in [3.05, 3.63) is 72.1 Å². The average molecular weight is 402 g/mol. The third kappa shape index (κ3) is 3.84. The van der Waals surface area contributed by atoms with Crippen LogP contribution in [0.4, 0.5) is 0 Å². The van der Waals surface area contributed by atoms with Gasteiger partial charge < -0.3 is 14.4 Å². The molecule has 3 aromatic rings. The predicted octanol–water partition coefficient (Wildman–Crippen LogP) is 3.97. The summed E-state index contributed by atoms with van der Waals surface area (Å²) in [7, 11) is 2.00. The molecule has 154 valence electrons. The van der Waals surface area contributed by atoms with E-state index in [1.165, 1.54) is 0 Å². The highest BCUT2D eigenvalue weighted by molar-refractivity contribution is 6.00. The maximum absolute atomic E-state index is 13.3. The third-order valence-corrected chi connectivity index (χ3v) is 6.24. The molecule has 5 rings (SSSR count). The summed E-state index contributed by atoms with van der Waals surface area (Å²) in [5, 5.41) is 2.17. The minimum Gasteiger partial charge on any atom is -0.353 e. The van der Waals surface area contributed by atoms with Gasteiger partial charge in [-0.15, -0.1) is 0 Å². The molecule has 0 N–H and O–H groups in total. The van der Waals surface area contributed by atoms with Gasteiger partial charge in [-0.05, 0) is 60.7 Å². The van der Waals surface area contributed by atoms with Crippen molar-refractivity contribution in [2.45, 2.75) is 44.3 Å². The molecule has 2 fully saturated rings. The van der Waals surface area contributed by atoms with Crippen molar-refractivity contribution in [1.29, 1.82) is 0 Å². The summed E-state index contributed by atoms with van der Waals surface area (Å²) >= 11 is 0. The fourth-order valence-corrected chi connectivity index (χ4v) is 4.12. The lowest BCUT2D eigenvalue weighted by molar-refractivity contribution is -0.133. The van der Waals surface area contributed by atoms with Crippen LogP contribution >= 0.6 is 0 Å². The van der Waals surface area contributed by atoms with Crippen molar-refractivity contribution < 1.29 is 9.59 Å². The number of aromatic nitrogens is 1. The Labute approximate surface area is 176 Å². The summed E-state index contributed by atoms with van der Waals surface area (Å²) in [5.74, 6) is 0.0194. The number of amides is 2. The van der Waals surface area contributed by atoms with E-state index >= 15 is 0 Å². The van der Waals surface area contributed by atoms with Gasteiger partial charge in [-0.1, -0.05) is 30.3 Å². The van der Waals surface area contributed by atoms with Crippen molar-refractivity contribution in [3.8, 4) is 0 Å². The molecule has 2 saturated carbocycles. The van der Waals surface area contributed by atoms with Crippen molar-refractivity contribution in [2.24, 2.45) is 7.05 Å². The van der Waals surface area contributed by atoms with Crippen LogP contribution in [0.15, 0.2) is 60.8 Å². The maximum Gasteiger partial charge on any atom is 0.254 e. The van der Waals surface area contributed by atoms with Crippen LogP contribution in [0.3, 0.4) is 0 Å². The van der Waals surface area contributed by atoms with Crippen LogP contribution in [0.1, 0.15) is 41.7 Å². The standard InChI is InChI=1S/C25H27N3O2/c1-26-14-4-7-23(26)16-27(21-10-11-21)24(29)17-28(22-12-13-22)25(30)20-9-8-18-5-2-3-6-19(18)15-20/h2-9,14-15,21-22H,10-13,16-17H2,1H3. The highest BCUT2D eigenvalue weighted by Gasteiger charge is 2.38. The third-order valence-electron chi connectivity index (χ3n) is 6.24. The number of benzene rings is 2. The fraction of sp³-hybridized carbons (Fsp3) is 0.360. The second-order valence-corrected chi connectivity index (χ2v) is 8.59. The number of hydrogen-bond acceptors (Lipinski definition) is 2. The number of carbonyl (C=O) groups is 2. The Hall–Kier alpha value is -3.08. The van der Waals surface area contributed by atoms with E-state index in [1.807, 2.05) is 66.7 Å². The highest BCUT2D eigenvalue weighted by Crippen LogP contribution is 2.32. The van der Waals surface area contributed by atoms with Crippen molar-refractivity contribution >= 4 is 22.6 Å². The van der Waals surface area contributed by atoms with Gasteiger partial charge in [-0.2, -0.15) is 0 Å². The highest BCUT2D eigenvalue weighted by atomic mass is 16.2. The normalized spacial score (nSPS) is 15.9. The zero-order valence-corrected chi connectivity index (χ0v) is 17.3. The van der Waals surface area contributed by atoms with Crippen LogP contribution in [-0.2, 0) is 18.4 Å². The first-order valence-electron chi connectivity index (χ1n) is 10.8. The Morgan fingerprint density at radius 3 is 2.27 bits per heavy atom. The Morgan fingerprint density at radius 1 is 0.900 bits per heavy atom. The van der Waals surface area contributed by atoms with Crippen LogP contribution in [0, 0.1) is 0 Å². The predicted molar refractivity (Wildman–Crippen MR) is 117 cm³/mol. The van der Waals surface area contributed by atoms with Gasteiger partial charge in [-0.25, -0.2) is 0 Å². The molecule has 30 heavy (non-hydrogen) atoms. The smallest absolute Gasteiger partial charge is 0.254 e. The molecule has 2 aromatic carbocycles. The van der Waals surface area contributed by atoms with E-state index in [-0.39, 0.29) is 24.4 Å². The van der Waals surface area contributed by atoms with Crippen LogP contribution in [-0.4, -0.2) is 44.8 Å². The van der Waals surface area contributed by atoms with Gasteiger partial charge in [0.15, 0.2) is 0 Å². The van der Waals surface area contributed by atoms with Crippen molar-refractivity contribution in [2.75, 3.05) is 6.54 Å². The number of nitrogens with zero attached hydrogens (tertiary/aromatic N) is 3. The van der Waals surface area contributed by atoms with E-state index < -0.39 is 0 Å². The van der Waals surface area contributed by atoms with Gasteiger partial charge in [0.05, 0.1) is 6.54 Å². The number of carbonyl (C=O) groups excluding carboxylic acids is 2. The van der Waals surface area contributed by atoms with Gasteiger partial charge >= 0.3 is 0 Å². The van der Waals surface area contributed by atoms with Crippen LogP contribution in [0.2, 0.25) is 0 Å². The number of fused-ring (bicyclic) bond motifs is 1. The summed E-state index contributed by atoms with van der Waals surface area (Å²) in [4.78, 5) is 30.4. The Morgan fingerprint density at radius 2 is 1.60 bits per heavy atom. The molecule has 0 aliphatic heterocycles. The van der Waals surface area contributed by atoms with Gasteiger partial charge in [-0.3, -0.25) is 9.59 Å². The number of aryl methyl sites for hydroxylation is 1. The molecule has 0 bridgehead atoms. The van der Waals surface area contributed by atoms with E-state index in [9.17, 15) is 9.59 Å². The lowest BCUT2D eigenvalue weighted by atomic mass is 10.1. The van der Waals surface area contributed by atoms with E-state index in [0.29, 0.717) is 18.2 Å². The summed E-state index contributed by atoms with van der Waals surface area (Å²) in [6.45, 7) is 0.771. The molecular weight excluding hydrogens is 374 g/mol. The lowest BCUT2D eigenvalue weighted by Crippen LogP contribution is -2.44. The first-order valence-corrected chi connectivity index (χ1v) is 10.8. The summed E-state index contributed by atoms with van der Waals surface area (Å²) in [6.07, 6.45) is 6.07. The second kappa shape index (κ2) is 7.63. The Kier molecular flexibility index (Phi) is 4.81. The largest absolute Gasteiger partial charge is 0.353 e. The molecular formula is C25H27N3O2. The van der Waals surface area contributed by atoms with E-state index in [2.05, 4.69) is 10.6 Å². The first kappa shape index (κ1) is 18.9. The van der Waals surface area contributed by atoms with Crippen LogP contribution < -0.4 is 0 Å². The fourth-order valence-electron chi connectivity index (χ4n) is 4.12. The zero-order valence-electron chi connectivity index (χ0n) is 17.3. The molecule has 0 spiro atoms. The first-order chi connectivity index (χ1) is 14.6. The summed E-state index contributed by atoms with van der Waals surface area (Å²) in [6, 6.07) is 18.4. The molecule has 0 atom stereocenters. The quantitative estimate of drug-likeness (QED) is 0.601. The Balaban J connectivity index is 1.35. The topological polar surface area (TPSA) is 45.6 Å². The average Bonchev–Trinajstić information content (AvgIpc) is 3.68. The SMILES string of the molecule is Cn1cccc1CN(C(=O)CN(C(=O)c1ccc2ccccc2c1)C1CC1)C1CC1. The lowest BCUT2D eigenvalue weighted by Gasteiger charge is -2.28. The second-order valence-electron chi connectivity index (χ2n) is 8.59. The van der Waals surface area contributed by atoms with E-state index in [1.54, 1.807) is 4.90 Å². The zero-order chi connectivity index (χ0) is 20.7. The maximum atomic E-state index is 13.3. The Bertz CT molecular complexity index is 1090. The molecule has 2 aliphatic rings. The minimum atomic E-state index is -0.0359. The van der Waals surface area contributed by atoms with Gasteiger partial charge in [0.1, 0.15) is 6.54 Å². The van der Waals surface area contributed by atoms with Crippen LogP contribution in [0.5, 0.6) is 0 Å². The summed E-state index contributed by atoms with van der Waals surface area (Å²) in [5.41, 5.74) is 1.78. The summed E-state index contributed by atoms with van der Waals surface area (Å²) < 4.78 is 2.06.